The van der Waals surface area contributed by atoms with Gasteiger partial charge in [-0.05, 0) is 31.0 Å². The summed E-state index contributed by atoms with van der Waals surface area (Å²) in [6.07, 6.45) is -0.0714. The van der Waals surface area contributed by atoms with Gasteiger partial charge in [-0.3, -0.25) is 9.59 Å². The van der Waals surface area contributed by atoms with Gasteiger partial charge in [0.15, 0.2) is 0 Å². The van der Waals surface area contributed by atoms with Gasteiger partial charge < -0.3 is 15.5 Å². The molecule has 6 nitrogen and oxygen atoms in total. The molecule has 0 radical (unpaired) electrons. The molecule has 0 saturated heterocycles. The molecule has 0 aliphatic heterocycles. The van der Waals surface area contributed by atoms with E-state index in [1.165, 1.54) is 12.1 Å². The van der Waals surface area contributed by atoms with Crippen molar-refractivity contribution in [3.05, 3.63) is 35.6 Å². The molecule has 1 aromatic rings. The van der Waals surface area contributed by atoms with Crippen LogP contribution in [0.2, 0.25) is 0 Å². The first-order chi connectivity index (χ1) is 9.40. The molecule has 1 rings (SSSR count). The van der Waals surface area contributed by atoms with Gasteiger partial charge in [0.05, 0.1) is 0 Å². The highest BCUT2D eigenvalue weighted by Gasteiger charge is 2.20. The number of carboxylic acids is 2. The Labute approximate surface area is 114 Å². The van der Waals surface area contributed by atoms with Gasteiger partial charge >= 0.3 is 11.9 Å². The first-order valence-corrected chi connectivity index (χ1v) is 5.91. The number of carbonyl (C=O) groups excluding carboxylic acids is 1. The first kappa shape index (κ1) is 15.6. The van der Waals surface area contributed by atoms with Crippen LogP contribution in [0.1, 0.15) is 29.6 Å². The number of carbonyl (C=O) groups is 3. The number of aliphatic carboxylic acids is 2. The van der Waals surface area contributed by atoms with E-state index in [0.717, 1.165) is 12.1 Å². The van der Waals surface area contributed by atoms with E-state index in [-0.39, 0.29) is 24.8 Å². The molecule has 1 amide bonds. The van der Waals surface area contributed by atoms with E-state index in [1.807, 2.05) is 0 Å². The van der Waals surface area contributed by atoms with Crippen LogP contribution in [-0.4, -0.2) is 34.1 Å². The summed E-state index contributed by atoms with van der Waals surface area (Å²) >= 11 is 0. The average Bonchev–Trinajstić information content (AvgIpc) is 2.36. The van der Waals surface area contributed by atoms with Crippen molar-refractivity contribution in [2.45, 2.75) is 25.3 Å². The molecule has 1 unspecified atom stereocenters. The zero-order chi connectivity index (χ0) is 15.1. The number of rotatable bonds is 7. The van der Waals surface area contributed by atoms with Crippen molar-refractivity contribution in [1.29, 1.82) is 0 Å². The molecule has 0 aliphatic rings. The van der Waals surface area contributed by atoms with Gasteiger partial charge in [-0.1, -0.05) is 6.07 Å². The third-order valence-electron chi connectivity index (χ3n) is 2.57. The summed E-state index contributed by atoms with van der Waals surface area (Å²) in [6.45, 7) is 0. The highest BCUT2D eigenvalue weighted by atomic mass is 19.1. The minimum atomic E-state index is -1.26. The van der Waals surface area contributed by atoms with E-state index >= 15 is 0 Å². The summed E-state index contributed by atoms with van der Waals surface area (Å²) in [4.78, 5) is 33.1. The summed E-state index contributed by atoms with van der Waals surface area (Å²) < 4.78 is 13.0. The number of hydrogen-bond donors (Lipinski definition) is 3. The Morgan fingerprint density at radius 2 is 1.95 bits per heavy atom. The third-order valence-corrected chi connectivity index (χ3v) is 2.57. The van der Waals surface area contributed by atoms with Crippen LogP contribution in [0.15, 0.2) is 24.3 Å². The molecule has 0 saturated carbocycles. The van der Waals surface area contributed by atoms with Gasteiger partial charge in [0.2, 0.25) is 0 Å². The highest BCUT2D eigenvalue weighted by Crippen LogP contribution is 2.06. The Kier molecular flexibility index (Phi) is 5.64. The number of benzene rings is 1. The van der Waals surface area contributed by atoms with Crippen LogP contribution in [-0.2, 0) is 9.59 Å². The lowest BCUT2D eigenvalue weighted by Gasteiger charge is -2.14. The van der Waals surface area contributed by atoms with E-state index < -0.39 is 29.7 Å². The standard InChI is InChI=1S/C13H14FNO5/c14-9-4-1-3-8(7-9)12(18)15-10(13(19)20)5-2-6-11(16)17/h1,3-4,7,10H,2,5-6H2,(H,15,18)(H,16,17)(H,19,20). The normalized spacial score (nSPS) is 11.7. The van der Waals surface area contributed by atoms with E-state index in [2.05, 4.69) is 5.32 Å². The number of nitrogens with one attached hydrogen (secondary N) is 1. The Balaban J connectivity index is 2.63. The van der Waals surface area contributed by atoms with Crippen LogP contribution in [0.5, 0.6) is 0 Å². The maximum atomic E-state index is 13.0. The molecular formula is C13H14FNO5. The van der Waals surface area contributed by atoms with Crippen LogP contribution >= 0.6 is 0 Å². The molecular weight excluding hydrogens is 269 g/mol. The smallest absolute Gasteiger partial charge is 0.326 e. The van der Waals surface area contributed by atoms with E-state index in [0.29, 0.717) is 0 Å². The van der Waals surface area contributed by atoms with E-state index in [9.17, 15) is 18.8 Å². The highest BCUT2D eigenvalue weighted by molar-refractivity contribution is 5.96. The molecule has 0 heterocycles. The Morgan fingerprint density at radius 3 is 2.50 bits per heavy atom. The lowest BCUT2D eigenvalue weighted by atomic mass is 10.1. The summed E-state index contributed by atoms with van der Waals surface area (Å²) in [5, 5.41) is 19.7. The van der Waals surface area contributed by atoms with Crippen LogP contribution in [0.3, 0.4) is 0 Å². The fourth-order valence-corrected chi connectivity index (χ4v) is 1.59. The van der Waals surface area contributed by atoms with Crippen LogP contribution < -0.4 is 5.32 Å². The summed E-state index contributed by atoms with van der Waals surface area (Å²) in [5.41, 5.74) is 0.00878. The van der Waals surface area contributed by atoms with Crippen molar-refractivity contribution >= 4 is 17.8 Å². The fraction of sp³-hybridized carbons (Fsp3) is 0.308. The summed E-state index contributed by atoms with van der Waals surface area (Å²) in [5.74, 6) is -3.62. The maximum Gasteiger partial charge on any atom is 0.326 e. The third kappa shape index (κ3) is 5.05. The van der Waals surface area contributed by atoms with Gasteiger partial charge in [-0.2, -0.15) is 0 Å². The maximum absolute atomic E-state index is 13.0. The van der Waals surface area contributed by atoms with Crippen molar-refractivity contribution in [2.24, 2.45) is 0 Å². The molecule has 0 aliphatic carbocycles. The number of hydrogen-bond acceptors (Lipinski definition) is 3. The van der Waals surface area contributed by atoms with E-state index in [1.54, 1.807) is 0 Å². The number of carboxylic acid groups (broad SMARTS) is 2. The quantitative estimate of drug-likeness (QED) is 0.699. The second-order valence-corrected chi connectivity index (χ2v) is 4.16. The summed E-state index contributed by atoms with van der Waals surface area (Å²) in [7, 11) is 0. The molecule has 0 aromatic heterocycles. The van der Waals surface area contributed by atoms with Gasteiger partial charge in [0.25, 0.3) is 5.91 Å². The molecule has 0 fully saturated rings. The van der Waals surface area contributed by atoms with Crippen LogP contribution in [0.4, 0.5) is 4.39 Å². The molecule has 1 atom stereocenters. The lowest BCUT2D eigenvalue weighted by Crippen LogP contribution is -2.40. The molecule has 108 valence electrons. The molecule has 3 N–H and O–H groups in total. The number of amides is 1. The molecule has 7 heteroatoms. The Hall–Kier alpha value is -2.44. The van der Waals surface area contributed by atoms with Crippen molar-refractivity contribution < 1.29 is 29.0 Å². The molecule has 20 heavy (non-hydrogen) atoms. The minimum Gasteiger partial charge on any atom is -0.481 e. The lowest BCUT2D eigenvalue weighted by molar-refractivity contribution is -0.140. The zero-order valence-electron chi connectivity index (χ0n) is 10.5. The van der Waals surface area contributed by atoms with E-state index in [4.69, 9.17) is 10.2 Å². The van der Waals surface area contributed by atoms with Crippen LogP contribution in [0, 0.1) is 5.82 Å². The summed E-state index contributed by atoms with van der Waals surface area (Å²) in [6, 6.07) is 3.65. The van der Waals surface area contributed by atoms with Crippen molar-refractivity contribution in [3.8, 4) is 0 Å². The van der Waals surface area contributed by atoms with Gasteiger partial charge in [0, 0.05) is 12.0 Å². The largest absolute Gasteiger partial charge is 0.481 e. The minimum absolute atomic E-state index is 0.00878. The van der Waals surface area contributed by atoms with Crippen molar-refractivity contribution in [1.82, 2.24) is 5.32 Å². The monoisotopic (exact) mass is 283 g/mol. The fourth-order valence-electron chi connectivity index (χ4n) is 1.59. The molecule has 0 bridgehead atoms. The van der Waals surface area contributed by atoms with Gasteiger partial charge in [0.1, 0.15) is 11.9 Å². The first-order valence-electron chi connectivity index (χ1n) is 5.91. The van der Waals surface area contributed by atoms with Crippen molar-refractivity contribution in [3.63, 3.8) is 0 Å². The Morgan fingerprint density at radius 1 is 1.25 bits per heavy atom. The predicted octanol–water partition coefficient (Wildman–Crippen LogP) is 1.26. The van der Waals surface area contributed by atoms with Crippen molar-refractivity contribution in [2.75, 3.05) is 0 Å². The Bertz CT molecular complexity index is 517. The van der Waals surface area contributed by atoms with Crippen LogP contribution in [0.25, 0.3) is 0 Å². The van der Waals surface area contributed by atoms with Gasteiger partial charge in [-0.15, -0.1) is 0 Å². The zero-order valence-corrected chi connectivity index (χ0v) is 10.5. The van der Waals surface area contributed by atoms with Gasteiger partial charge in [-0.25, -0.2) is 9.18 Å². The second kappa shape index (κ2) is 7.22. The topological polar surface area (TPSA) is 104 Å². The molecule has 0 spiro atoms. The predicted molar refractivity (Wildman–Crippen MR) is 66.8 cm³/mol. The molecule has 1 aromatic carbocycles. The average molecular weight is 283 g/mol. The SMILES string of the molecule is O=C(O)CCCC(NC(=O)c1cccc(F)c1)C(=O)O. The second-order valence-electron chi connectivity index (χ2n) is 4.16. The number of halogens is 1.